The second kappa shape index (κ2) is 12.3. The molecule has 0 spiro atoms. The molecule has 0 amide bonds. The summed E-state index contributed by atoms with van der Waals surface area (Å²) in [6.45, 7) is 11.1. The predicted molar refractivity (Wildman–Crippen MR) is 121 cm³/mol. The van der Waals surface area contributed by atoms with Gasteiger partial charge in [0, 0.05) is 52.9 Å². The van der Waals surface area contributed by atoms with Gasteiger partial charge in [0.15, 0.2) is 5.96 Å². The first-order valence-electron chi connectivity index (χ1n) is 8.92. The molecule has 0 aliphatic rings. The maximum Gasteiger partial charge on any atom is 0.191 e. The van der Waals surface area contributed by atoms with E-state index in [0.29, 0.717) is 24.3 Å². The third-order valence-electron chi connectivity index (χ3n) is 4.17. The molecule has 0 saturated heterocycles. The van der Waals surface area contributed by atoms with Gasteiger partial charge in [0.2, 0.25) is 0 Å². The molecular formula is C19H35FIN5. The number of hydrogen-bond donors (Lipinski definition) is 2. The summed E-state index contributed by atoms with van der Waals surface area (Å²) < 4.78 is 14.0. The number of benzene rings is 1. The van der Waals surface area contributed by atoms with Gasteiger partial charge in [-0.3, -0.25) is 9.89 Å². The van der Waals surface area contributed by atoms with Crippen LogP contribution in [-0.2, 0) is 6.54 Å². The molecule has 1 aromatic carbocycles. The molecule has 7 heteroatoms. The number of aliphatic imine (C=N–C) groups is 1. The van der Waals surface area contributed by atoms with Crippen LogP contribution in [0.5, 0.6) is 0 Å². The predicted octanol–water partition coefficient (Wildman–Crippen LogP) is 3.29. The molecule has 0 atom stereocenters. The average Bonchev–Trinajstić information content (AvgIpc) is 2.53. The van der Waals surface area contributed by atoms with E-state index in [9.17, 15) is 4.39 Å². The van der Waals surface area contributed by atoms with Crippen molar-refractivity contribution in [2.24, 2.45) is 4.99 Å². The standard InChI is InChI=1S/C19H34FN5.HI/c1-14(2)25(15(3)4)11-10-22-19(21-5)23-13-16-8-9-18(24(6)7)17(20)12-16;/h8-9,12,14-15H,10-11,13H2,1-7H3,(H2,21,22,23);1H. The number of anilines is 1. The van der Waals surface area contributed by atoms with Gasteiger partial charge < -0.3 is 15.5 Å². The SMILES string of the molecule is CN=C(NCCN(C(C)C)C(C)C)NCc1ccc(N(C)C)c(F)c1.I. The van der Waals surface area contributed by atoms with Crippen LogP contribution >= 0.6 is 24.0 Å². The number of rotatable bonds is 8. The Morgan fingerprint density at radius 2 is 1.73 bits per heavy atom. The van der Waals surface area contributed by atoms with Crippen molar-refractivity contribution in [2.75, 3.05) is 39.1 Å². The number of halogens is 2. The van der Waals surface area contributed by atoms with Gasteiger partial charge in [-0.1, -0.05) is 6.07 Å². The maximum atomic E-state index is 14.0. The highest BCUT2D eigenvalue weighted by atomic mass is 127. The average molecular weight is 479 g/mol. The summed E-state index contributed by atoms with van der Waals surface area (Å²) in [5, 5.41) is 6.55. The first-order chi connectivity index (χ1) is 11.8. The monoisotopic (exact) mass is 479 g/mol. The lowest BCUT2D eigenvalue weighted by Gasteiger charge is -2.30. The van der Waals surface area contributed by atoms with Crippen LogP contribution in [0.25, 0.3) is 0 Å². The van der Waals surface area contributed by atoms with E-state index in [1.54, 1.807) is 24.1 Å². The summed E-state index contributed by atoms with van der Waals surface area (Å²) >= 11 is 0. The van der Waals surface area contributed by atoms with Crippen LogP contribution in [0.2, 0.25) is 0 Å². The van der Waals surface area contributed by atoms with Crippen LogP contribution in [0.1, 0.15) is 33.3 Å². The Morgan fingerprint density at radius 1 is 1.12 bits per heavy atom. The molecule has 0 saturated carbocycles. The number of hydrogen-bond acceptors (Lipinski definition) is 3. The Bertz CT molecular complexity index is 553. The fraction of sp³-hybridized carbons (Fsp3) is 0.632. The molecule has 0 aliphatic heterocycles. The smallest absolute Gasteiger partial charge is 0.191 e. The molecule has 1 aromatic rings. The van der Waals surface area contributed by atoms with Crippen LogP contribution < -0.4 is 15.5 Å². The van der Waals surface area contributed by atoms with Crippen LogP contribution in [0.3, 0.4) is 0 Å². The third-order valence-corrected chi connectivity index (χ3v) is 4.17. The van der Waals surface area contributed by atoms with E-state index < -0.39 is 0 Å². The molecule has 0 aromatic heterocycles. The Balaban J connectivity index is 0.00000625. The number of guanidine groups is 1. The first-order valence-corrected chi connectivity index (χ1v) is 8.92. The molecule has 0 unspecified atom stereocenters. The van der Waals surface area contributed by atoms with E-state index in [4.69, 9.17) is 0 Å². The second-order valence-electron chi connectivity index (χ2n) is 6.96. The van der Waals surface area contributed by atoms with Crippen molar-refractivity contribution in [3.63, 3.8) is 0 Å². The van der Waals surface area contributed by atoms with Gasteiger partial charge >= 0.3 is 0 Å². The molecule has 0 radical (unpaired) electrons. The first kappa shape index (κ1) is 24.9. The minimum absolute atomic E-state index is 0. The molecule has 5 nitrogen and oxygen atoms in total. The summed E-state index contributed by atoms with van der Waals surface area (Å²) in [5.74, 6) is 0.515. The minimum Gasteiger partial charge on any atom is -0.375 e. The molecule has 0 bridgehead atoms. The van der Waals surface area contributed by atoms with E-state index in [-0.39, 0.29) is 29.8 Å². The molecule has 0 heterocycles. The highest BCUT2D eigenvalue weighted by Gasteiger charge is 2.12. The zero-order chi connectivity index (χ0) is 19.0. The molecule has 150 valence electrons. The van der Waals surface area contributed by atoms with Crippen molar-refractivity contribution >= 4 is 35.6 Å². The van der Waals surface area contributed by atoms with Crippen molar-refractivity contribution in [1.82, 2.24) is 15.5 Å². The van der Waals surface area contributed by atoms with Crippen molar-refractivity contribution < 1.29 is 4.39 Å². The Labute approximate surface area is 175 Å². The lowest BCUT2D eigenvalue weighted by molar-refractivity contribution is 0.178. The van der Waals surface area contributed by atoms with Crippen molar-refractivity contribution in [3.05, 3.63) is 29.6 Å². The minimum atomic E-state index is -0.211. The van der Waals surface area contributed by atoms with Crippen LogP contribution in [0, 0.1) is 5.82 Å². The summed E-state index contributed by atoms with van der Waals surface area (Å²) in [4.78, 5) is 8.42. The number of nitrogens with zero attached hydrogens (tertiary/aromatic N) is 3. The zero-order valence-corrected chi connectivity index (χ0v) is 19.5. The Kier molecular flexibility index (Phi) is 11.8. The summed E-state index contributed by atoms with van der Waals surface area (Å²) in [7, 11) is 5.41. The van der Waals surface area contributed by atoms with Gasteiger partial charge in [-0.25, -0.2) is 4.39 Å². The van der Waals surface area contributed by atoms with Crippen LogP contribution in [0.15, 0.2) is 23.2 Å². The van der Waals surface area contributed by atoms with Crippen molar-refractivity contribution in [3.8, 4) is 0 Å². The zero-order valence-electron chi connectivity index (χ0n) is 17.1. The lowest BCUT2D eigenvalue weighted by Crippen LogP contribution is -2.45. The quantitative estimate of drug-likeness (QED) is 0.341. The normalized spacial score (nSPS) is 11.7. The van der Waals surface area contributed by atoms with E-state index in [1.807, 2.05) is 20.2 Å². The van der Waals surface area contributed by atoms with Crippen molar-refractivity contribution in [2.45, 2.75) is 46.3 Å². The highest BCUT2D eigenvalue weighted by Crippen LogP contribution is 2.18. The fourth-order valence-electron chi connectivity index (χ4n) is 2.85. The largest absolute Gasteiger partial charge is 0.375 e. The van der Waals surface area contributed by atoms with E-state index in [2.05, 4.69) is 48.2 Å². The molecule has 2 N–H and O–H groups in total. The van der Waals surface area contributed by atoms with Gasteiger partial charge in [0.05, 0.1) is 5.69 Å². The van der Waals surface area contributed by atoms with Gasteiger partial charge in [-0.05, 0) is 45.4 Å². The molecule has 1 rings (SSSR count). The summed E-state index contributed by atoms with van der Waals surface area (Å²) in [5.41, 5.74) is 1.48. The van der Waals surface area contributed by atoms with Crippen LogP contribution in [-0.4, -0.2) is 57.2 Å². The maximum absolute atomic E-state index is 14.0. The lowest BCUT2D eigenvalue weighted by atomic mass is 10.2. The Hall–Kier alpha value is -1.09. The van der Waals surface area contributed by atoms with Gasteiger partial charge in [0.25, 0.3) is 0 Å². The van der Waals surface area contributed by atoms with Gasteiger partial charge in [0.1, 0.15) is 5.82 Å². The van der Waals surface area contributed by atoms with Crippen LogP contribution in [0.4, 0.5) is 10.1 Å². The second-order valence-corrected chi connectivity index (χ2v) is 6.96. The fourth-order valence-corrected chi connectivity index (χ4v) is 2.85. The van der Waals surface area contributed by atoms with Crippen molar-refractivity contribution in [1.29, 1.82) is 0 Å². The van der Waals surface area contributed by atoms with Gasteiger partial charge in [-0.2, -0.15) is 0 Å². The third kappa shape index (κ3) is 8.07. The van der Waals surface area contributed by atoms with E-state index >= 15 is 0 Å². The van der Waals surface area contributed by atoms with E-state index in [0.717, 1.165) is 24.6 Å². The molecule has 26 heavy (non-hydrogen) atoms. The summed E-state index contributed by atoms with van der Waals surface area (Å²) in [6, 6.07) is 6.31. The molecular weight excluding hydrogens is 444 g/mol. The van der Waals surface area contributed by atoms with E-state index in [1.165, 1.54) is 0 Å². The molecule has 0 aliphatic carbocycles. The molecule has 0 fully saturated rings. The highest BCUT2D eigenvalue weighted by molar-refractivity contribution is 14.0. The number of nitrogens with one attached hydrogen (secondary N) is 2. The topological polar surface area (TPSA) is 42.9 Å². The Morgan fingerprint density at radius 3 is 2.19 bits per heavy atom. The summed E-state index contributed by atoms with van der Waals surface area (Å²) in [6.07, 6.45) is 0. The van der Waals surface area contributed by atoms with Gasteiger partial charge in [-0.15, -0.1) is 24.0 Å².